The van der Waals surface area contributed by atoms with E-state index < -0.39 is 0 Å². The van der Waals surface area contributed by atoms with Crippen LogP contribution in [0, 0.1) is 6.92 Å². The van der Waals surface area contributed by atoms with Gasteiger partial charge in [-0.05, 0) is 55.0 Å². The Balaban J connectivity index is 1.37. The van der Waals surface area contributed by atoms with Gasteiger partial charge in [0.05, 0.1) is 19.8 Å². The maximum absolute atomic E-state index is 13.9. The molecule has 0 unspecified atom stereocenters. The molecule has 2 aromatic carbocycles. The zero-order valence-corrected chi connectivity index (χ0v) is 23.7. The molecule has 0 bridgehead atoms. The van der Waals surface area contributed by atoms with E-state index in [1.54, 1.807) is 28.0 Å². The number of morpholine rings is 1. The highest BCUT2D eigenvalue weighted by Crippen LogP contribution is 2.33. The summed E-state index contributed by atoms with van der Waals surface area (Å²) in [6, 6.07) is 14.0. The zero-order chi connectivity index (χ0) is 28.1. The summed E-state index contributed by atoms with van der Waals surface area (Å²) in [6.07, 6.45) is 0. The highest BCUT2D eigenvalue weighted by molar-refractivity contribution is 6.35. The van der Waals surface area contributed by atoms with Crippen molar-refractivity contribution in [1.82, 2.24) is 14.7 Å². The number of carbonyl (C=O) groups is 2. The van der Waals surface area contributed by atoms with E-state index in [4.69, 9.17) is 41.8 Å². The SMILES string of the molecule is Cc1ccc(CN(Cc2ccc3c(c2)OCO3)C(=O)CN(CCN2CCOCC2)C(=O)c2cc(Cl)cc(Cl)c2)o1. The lowest BCUT2D eigenvalue weighted by Crippen LogP contribution is -2.47. The quantitative estimate of drug-likeness (QED) is 0.342. The number of halogens is 2. The number of carbonyl (C=O) groups excluding carboxylic acids is 2. The first-order valence-corrected chi connectivity index (χ1v) is 13.9. The number of ether oxygens (including phenoxy) is 3. The summed E-state index contributed by atoms with van der Waals surface area (Å²) in [4.78, 5) is 33.0. The van der Waals surface area contributed by atoms with Crippen molar-refractivity contribution in [2.45, 2.75) is 20.0 Å². The molecule has 1 aromatic heterocycles. The Morgan fingerprint density at radius 1 is 0.900 bits per heavy atom. The number of benzene rings is 2. The van der Waals surface area contributed by atoms with E-state index in [9.17, 15) is 9.59 Å². The predicted octanol–water partition coefficient (Wildman–Crippen LogP) is 4.63. The highest BCUT2D eigenvalue weighted by atomic mass is 35.5. The highest BCUT2D eigenvalue weighted by Gasteiger charge is 2.26. The number of furan rings is 1. The van der Waals surface area contributed by atoms with E-state index in [2.05, 4.69) is 4.90 Å². The van der Waals surface area contributed by atoms with E-state index in [0.717, 1.165) is 24.4 Å². The van der Waals surface area contributed by atoms with Crippen molar-refractivity contribution in [3.63, 3.8) is 0 Å². The minimum atomic E-state index is -0.317. The summed E-state index contributed by atoms with van der Waals surface area (Å²) in [7, 11) is 0. The molecule has 1 fully saturated rings. The average Bonchev–Trinajstić information content (AvgIpc) is 3.58. The number of rotatable bonds is 10. The van der Waals surface area contributed by atoms with E-state index >= 15 is 0 Å². The van der Waals surface area contributed by atoms with Gasteiger partial charge in [-0.25, -0.2) is 0 Å². The normalized spacial score (nSPS) is 14.8. The van der Waals surface area contributed by atoms with Gasteiger partial charge >= 0.3 is 0 Å². The summed E-state index contributed by atoms with van der Waals surface area (Å²) in [5, 5.41) is 0.709. The first-order valence-electron chi connectivity index (χ1n) is 13.1. The van der Waals surface area contributed by atoms with Crippen molar-refractivity contribution in [3.05, 3.63) is 81.2 Å². The van der Waals surface area contributed by atoms with Gasteiger partial charge in [-0.15, -0.1) is 0 Å². The van der Waals surface area contributed by atoms with Crippen molar-refractivity contribution in [3.8, 4) is 11.5 Å². The van der Waals surface area contributed by atoms with Crippen LogP contribution in [0.15, 0.2) is 52.9 Å². The Kier molecular flexibility index (Phi) is 9.16. The summed E-state index contributed by atoms with van der Waals surface area (Å²) in [5.41, 5.74) is 1.20. The fourth-order valence-corrected chi connectivity index (χ4v) is 5.24. The first-order chi connectivity index (χ1) is 19.3. The van der Waals surface area contributed by atoms with Crippen molar-refractivity contribution < 1.29 is 28.2 Å². The van der Waals surface area contributed by atoms with Crippen LogP contribution in [0.1, 0.15) is 27.4 Å². The number of hydrogen-bond donors (Lipinski definition) is 0. The molecule has 3 aromatic rings. The third-order valence-electron chi connectivity index (χ3n) is 6.82. The molecule has 2 aliphatic rings. The smallest absolute Gasteiger partial charge is 0.254 e. The van der Waals surface area contributed by atoms with Crippen LogP contribution in [0.4, 0.5) is 0 Å². The van der Waals surface area contributed by atoms with Crippen LogP contribution in [0.3, 0.4) is 0 Å². The second kappa shape index (κ2) is 13.0. The number of amides is 2. The van der Waals surface area contributed by atoms with Crippen LogP contribution in [-0.2, 0) is 22.6 Å². The van der Waals surface area contributed by atoms with Crippen LogP contribution in [0.5, 0.6) is 11.5 Å². The van der Waals surface area contributed by atoms with Gasteiger partial charge in [0.1, 0.15) is 18.1 Å². The molecule has 3 heterocycles. The molecule has 9 nitrogen and oxygen atoms in total. The molecular weight excluding hydrogens is 557 g/mol. The van der Waals surface area contributed by atoms with Gasteiger partial charge < -0.3 is 28.4 Å². The van der Waals surface area contributed by atoms with E-state index in [1.165, 1.54) is 0 Å². The van der Waals surface area contributed by atoms with Crippen LogP contribution >= 0.6 is 23.2 Å². The van der Waals surface area contributed by atoms with Gasteiger partial charge in [0.25, 0.3) is 5.91 Å². The Morgan fingerprint density at radius 2 is 1.65 bits per heavy atom. The first kappa shape index (κ1) is 28.3. The molecule has 0 spiro atoms. The molecule has 2 amide bonds. The van der Waals surface area contributed by atoms with Gasteiger partial charge in [-0.2, -0.15) is 0 Å². The Labute approximate surface area is 243 Å². The maximum atomic E-state index is 13.9. The maximum Gasteiger partial charge on any atom is 0.254 e. The zero-order valence-electron chi connectivity index (χ0n) is 22.2. The molecule has 2 aliphatic heterocycles. The van der Waals surface area contributed by atoms with Crippen molar-refractivity contribution >= 4 is 35.0 Å². The molecule has 11 heteroatoms. The van der Waals surface area contributed by atoms with Crippen molar-refractivity contribution in [2.75, 3.05) is 52.7 Å². The minimum Gasteiger partial charge on any atom is -0.464 e. The Hall–Kier alpha value is -3.24. The summed E-state index contributed by atoms with van der Waals surface area (Å²) >= 11 is 12.4. The number of hydrogen-bond acceptors (Lipinski definition) is 7. The second-order valence-corrected chi connectivity index (χ2v) is 10.7. The molecule has 0 N–H and O–H groups in total. The van der Waals surface area contributed by atoms with E-state index in [1.807, 2.05) is 37.3 Å². The minimum absolute atomic E-state index is 0.127. The fourth-order valence-electron chi connectivity index (χ4n) is 4.71. The lowest BCUT2D eigenvalue weighted by Gasteiger charge is -2.31. The lowest BCUT2D eigenvalue weighted by atomic mass is 10.1. The Bertz CT molecular complexity index is 1340. The summed E-state index contributed by atoms with van der Waals surface area (Å²) in [6.45, 7) is 6.22. The lowest BCUT2D eigenvalue weighted by molar-refractivity contribution is -0.133. The number of aryl methyl sites for hydroxylation is 1. The third kappa shape index (κ3) is 7.28. The van der Waals surface area contributed by atoms with Crippen LogP contribution in [-0.4, -0.2) is 79.2 Å². The summed E-state index contributed by atoms with van der Waals surface area (Å²) in [5.74, 6) is 2.17. The van der Waals surface area contributed by atoms with Crippen molar-refractivity contribution in [2.24, 2.45) is 0 Å². The molecule has 0 atom stereocenters. The monoisotopic (exact) mass is 587 g/mol. The van der Waals surface area contributed by atoms with Gasteiger partial charge in [0.2, 0.25) is 12.7 Å². The van der Waals surface area contributed by atoms with Gasteiger partial charge in [0.15, 0.2) is 11.5 Å². The van der Waals surface area contributed by atoms with Gasteiger partial charge in [0, 0.05) is 48.3 Å². The predicted molar refractivity (Wildman–Crippen MR) is 150 cm³/mol. The second-order valence-electron chi connectivity index (χ2n) is 9.79. The number of fused-ring (bicyclic) bond motifs is 1. The number of nitrogens with zero attached hydrogens (tertiary/aromatic N) is 3. The molecule has 1 saturated heterocycles. The van der Waals surface area contributed by atoms with Crippen LogP contribution in [0.25, 0.3) is 0 Å². The topological polar surface area (TPSA) is 84.7 Å². The van der Waals surface area contributed by atoms with Crippen LogP contribution in [0.2, 0.25) is 10.0 Å². The van der Waals surface area contributed by atoms with Crippen molar-refractivity contribution in [1.29, 1.82) is 0 Å². The standard InChI is InChI=1S/C29H31Cl2N3O6/c1-20-2-4-25(40-20)17-34(16-21-3-5-26-27(12-21)39-19-38-26)28(35)18-33(7-6-32-8-10-37-11-9-32)29(36)22-13-23(30)15-24(31)14-22/h2-5,12-15H,6-11,16-19H2,1H3. The molecular formula is C29H31Cl2N3O6. The molecule has 5 rings (SSSR count). The average molecular weight is 588 g/mol. The molecule has 0 saturated carbocycles. The van der Waals surface area contributed by atoms with Gasteiger partial charge in [-0.1, -0.05) is 29.3 Å². The molecule has 40 heavy (non-hydrogen) atoms. The molecule has 212 valence electrons. The molecule has 0 aliphatic carbocycles. The van der Waals surface area contributed by atoms with E-state index in [0.29, 0.717) is 65.7 Å². The van der Waals surface area contributed by atoms with E-state index in [-0.39, 0.29) is 31.7 Å². The Morgan fingerprint density at radius 3 is 2.38 bits per heavy atom. The summed E-state index contributed by atoms with van der Waals surface area (Å²) < 4.78 is 22.2. The molecule has 0 radical (unpaired) electrons. The third-order valence-corrected chi connectivity index (χ3v) is 7.25. The fraction of sp³-hybridized carbons (Fsp3) is 0.379. The van der Waals surface area contributed by atoms with Gasteiger partial charge in [-0.3, -0.25) is 14.5 Å². The van der Waals surface area contributed by atoms with Crippen LogP contribution < -0.4 is 9.47 Å². The largest absolute Gasteiger partial charge is 0.464 e.